The Morgan fingerprint density at radius 3 is 2.65 bits per heavy atom. The highest BCUT2D eigenvalue weighted by molar-refractivity contribution is 7.89. The molecule has 0 aliphatic rings. The molecule has 1 aromatic heterocycles. The number of hydrogen-bond donors (Lipinski definition) is 2. The summed E-state index contributed by atoms with van der Waals surface area (Å²) in [5.41, 5.74) is 0.443. The molecule has 1 aromatic rings. The van der Waals surface area contributed by atoms with E-state index in [0.29, 0.717) is 5.69 Å². The summed E-state index contributed by atoms with van der Waals surface area (Å²) in [6.45, 7) is 3.44. The van der Waals surface area contributed by atoms with Crippen LogP contribution in [0.2, 0.25) is 0 Å². The SMILES string of the molecule is CCN(CCC(=O)O)S(=O)(=O)c1cn[nH]c1C. The molecule has 1 heterocycles. The van der Waals surface area contributed by atoms with Crippen LogP contribution in [0.4, 0.5) is 0 Å². The third kappa shape index (κ3) is 3.04. The first-order valence-corrected chi connectivity index (χ1v) is 6.55. The Bertz CT molecular complexity index is 494. The lowest BCUT2D eigenvalue weighted by Crippen LogP contribution is -2.33. The van der Waals surface area contributed by atoms with Crippen molar-refractivity contribution in [3.05, 3.63) is 11.9 Å². The summed E-state index contributed by atoms with van der Waals surface area (Å²) in [6.07, 6.45) is 1.01. The van der Waals surface area contributed by atoms with Crippen molar-refractivity contribution in [2.75, 3.05) is 13.1 Å². The van der Waals surface area contributed by atoms with Gasteiger partial charge in [-0.15, -0.1) is 0 Å². The second-order valence-corrected chi connectivity index (χ2v) is 5.41. The minimum Gasteiger partial charge on any atom is -0.481 e. The lowest BCUT2D eigenvalue weighted by molar-refractivity contribution is -0.137. The van der Waals surface area contributed by atoms with Gasteiger partial charge in [0.15, 0.2) is 0 Å². The molecule has 0 bridgehead atoms. The second kappa shape index (κ2) is 5.28. The molecule has 0 aliphatic heterocycles. The Labute approximate surface area is 99.5 Å². The number of aliphatic carboxylic acids is 1. The van der Waals surface area contributed by atoms with E-state index in [9.17, 15) is 13.2 Å². The van der Waals surface area contributed by atoms with E-state index in [1.807, 2.05) is 0 Å². The van der Waals surface area contributed by atoms with E-state index < -0.39 is 16.0 Å². The Balaban J connectivity index is 2.95. The van der Waals surface area contributed by atoms with Gasteiger partial charge in [-0.25, -0.2) is 8.42 Å². The molecule has 0 aliphatic carbocycles. The number of nitrogens with zero attached hydrogens (tertiary/aromatic N) is 2. The molecule has 7 nitrogen and oxygen atoms in total. The standard InChI is InChI=1S/C9H15N3O4S/c1-3-12(5-4-9(13)14)17(15,16)8-6-10-11-7(8)2/h6H,3-5H2,1-2H3,(H,10,11)(H,13,14). The summed E-state index contributed by atoms with van der Waals surface area (Å²) in [4.78, 5) is 10.5. The van der Waals surface area contributed by atoms with Gasteiger partial charge in [-0.05, 0) is 6.92 Å². The smallest absolute Gasteiger partial charge is 0.304 e. The fraction of sp³-hybridized carbons (Fsp3) is 0.556. The minimum absolute atomic E-state index is 0.0429. The van der Waals surface area contributed by atoms with E-state index in [1.165, 1.54) is 6.20 Å². The number of aromatic nitrogens is 2. The topological polar surface area (TPSA) is 103 Å². The maximum absolute atomic E-state index is 12.1. The molecule has 0 spiro atoms. The van der Waals surface area contributed by atoms with Gasteiger partial charge < -0.3 is 5.11 Å². The molecule has 0 amide bonds. The molecular weight excluding hydrogens is 246 g/mol. The van der Waals surface area contributed by atoms with Crippen LogP contribution < -0.4 is 0 Å². The van der Waals surface area contributed by atoms with Crippen LogP contribution in [0.3, 0.4) is 0 Å². The number of hydrogen-bond acceptors (Lipinski definition) is 4. The number of sulfonamides is 1. The molecule has 1 rings (SSSR count). The van der Waals surface area contributed by atoms with Crippen molar-refractivity contribution in [1.82, 2.24) is 14.5 Å². The van der Waals surface area contributed by atoms with Crippen molar-refractivity contribution >= 4 is 16.0 Å². The molecule has 2 N–H and O–H groups in total. The predicted molar refractivity (Wildman–Crippen MR) is 60.0 cm³/mol. The van der Waals surface area contributed by atoms with Crippen molar-refractivity contribution in [1.29, 1.82) is 0 Å². The second-order valence-electron chi connectivity index (χ2n) is 3.50. The van der Waals surface area contributed by atoms with Crippen LogP contribution >= 0.6 is 0 Å². The zero-order valence-corrected chi connectivity index (χ0v) is 10.5. The normalized spacial score (nSPS) is 11.9. The number of rotatable bonds is 6. The molecular formula is C9H15N3O4S. The van der Waals surface area contributed by atoms with Crippen LogP contribution in [-0.2, 0) is 14.8 Å². The van der Waals surface area contributed by atoms with Gasteiger partial charge in [0.1, 0.15) is 4.90 Å². The van der Waals surface area contributed by atoms with Crippen LogP contribution in [0.25, 0.3) is 0 Å². The fourth-order valence-corrected chi connectivity index (χ4v) is 2.98. The number of carboxylic acid groups (broad SMARTS) is 1. The number of carbonyl (C=O) groups is 1. The maximum Gasteiger partial charge on any atom is 0.304 e. The zero-order chi connectivity index (χ0) is 13.1. The average molecular weight is 261 g/mol. The molecule has 17 heavy (non-hydrogen) atoms. The van der Waals surface area contributed by atoms with Crippen LogP contribution in [0.15, 0.2) is 11.1 Å². The highest BCUT2D eigenvalue weighted by Crippen LogP contribution is 2.17. The Morgan fingerprint density at radius 1 is 1.59 bits per heavy atom. The molecule has 0 unspecified atom stereocenters. The molecule has 8 heteroatoms. The average Bonchev–Trinajstić information content (AvgIpc) is 2.65. The van der Waals surface area contributed by atoms with Gasteiger partial charge in [0.2, 0.25) is 10.0 Å². The maximum atomic E-state index is 12.1. The monoisotopic (exact) mass is 261 g/mol. The van der Waals surface area contributed by atoms with Gasteiger partial charge in [0.25, 0.3) is 0 Å². The largest absolute Gasteiger partial charge is 0.481 e. The van der Waals surface area contributed by atoms with Crippen molar-refractivity contribution < 1.29 is 18.3 Å². The highest BCUT2D eigenvalue weighted by atomic mass is 32.2. The van der Waals surface area contributed by atoms with Crippen LogP contribution in [0.5, 0.6) is 0 Å². The van der Waals surface area contributed by atoms with E-state index in [-0.39, 0.29) is 24.4 Å². The quantitative estimate of drug-likeness (QED) is 0.761. The van der Waals surface area contributed by atoms with Crippen molar-refractivity contribution in [3.8, 4) is 0 Å². The number of H-pyrrole nitrogens is 1. The summed E-state index contributed by atoms with van der Waals surface area (Å²) < 4.78 is 25.4. The summed E-state index contributed by atoms with van der Waals surface area (Å²) >= 11 is 0. The highest BCUT2D eigenvalue weighted by Gasteiger charge is 2.26. The first-order chi connectivity index (χ1) is 7.89. The summed E-state index contributed by atoms with van der Waals surface area (Å²) in [5, 5.41) is 14.8. The predicted octanol–water partition coefficient (Wildman–Crippen LogP) is 0.203. The van der Waals surface area contributed by atoms with Crippen molar-refractivity contribution in [2.45, 2.75) is 25.2 Å². The third-order valence-electron chi connectivity index (χ3n) is 2.33. The van der Waals surface area contributed by atoms with Crippen LogP contribution in [0, 0.1) is 6.92 Å². The third-order valence-corrected chi connectivity index (χ3v) is 4.42. The van der Waals surface area contributed by atoms with Crippen molar-refractivity contribution in [3.63, 3.8) is 0 Å². The van der Waals surface area contributed by atoms with Gasteiger partial charge in [-0.3, -0.25) is 9.89 Å². The number of carboxylic acids is 1. The summed E-state index contributed by atoms with van der Waals surface area (Å²) in [7, 11) is -3.66. The molecule has 0 atom stereocenters. The van der Waals surface area contributed by atoms with E-state index in [0.717, 1.165) is 4.31 Å². The molecule has 0 saturated carbocycles. The summed E-state index contributed by atoms with van der Waals surface area (Å²) in [5.74, 6) is -1.03. The molecule has 0 aromatic carbocycles. The van der Waals surface area contributed by atoms with E-state index >= 15 is 0 Å². The molecule has 96 valence electrons. The molecule has 0 radical (unpaired) electrons. The van der Waals surface area contributed by atoms with Crippen molar-refractivity contribution in [2.24, 2.45) is 0 Å². The molecule has 0 saturated heterocycles. The van der Waals surface area contributed by atoms with E-state index in [4.69, 9.17) is 5.11 Å². The minimum atomic E-state index is -3.66. The lowest BCUT2D eigenvalue weighted by Gasteiger charge is -2.18. The van der Waals surface area contributed by atoms with Gasteiger partial charge in [-0.1, -0.05) is 6.92 Å². The van der Waals surface area contributed by atoms with Gasteiger partial charge >= 0.3 is 5.97 Å². The van der Waals surface area contributed by atoms with E-state index in [1.54, 1.807) is 13.8 Å². The molecule has 0 fully saturated rings. The fourth-order valence-electron chi connectivity index (χ4n) is 1.41. The summed E-state index contributed by atoms with van der Waals surface area (Å²) in [6, 6.07) is 0. The lowest BCUT2D eigenvalue weighted by atomic mass is 10.4. The first-order valence-electron chi connectivity index (χ1n) is 5.11. The number of nitrogens with one attached hydrogen (secondary N) is 1. The first kappa shape index (κ1) is 13.7. The Morgan fingerprint density at radius 2 is 2.24 bits per heavy atom. The van der Waals surface area contributed by atoms with E-state index in [2.05, 4.69) is 10.2 Å². The number of aryl methyl sites for hydroxylation is 1. The van der Waals surface area contributed by atoms with Crippen LogP contribution in [0.1, 0.15) is 19.0 Å². The van der Waals surface area contributed by atoms with Gasteiger partial charge in [-0.2, -0.15) is 9.40 Å². The van der Waals surface area contributed by atoms with Gasteiger partial charge in [0.05, 0.1) is 18.3 Å². The zero-order valence-electron chi connectivity index (χ0n) is 9.67. The van der Waals surface area contributed by atoms with Gasteiger partial charge in [0, 0.05) is 13.1 Å². The Kier molecular flexibility index (Phi) is 4.24. The van der Waals surface area contributed by atoms with Crippen LogP contribution in [-0.4, -0.2) is 47.1 Å². The Hall–Kier alpha value is -1.41. The number of aromatic amines is 1.